The molecule has 15 heteroatoms. The van der Waals surface area contributed by atoms with Crippen molar-refractivity contribution in [3.05, 3.63) is 83.4 Å². The summed E-state index contributed by atoms with van der Waals surface area (Å²) in [6.45, 7) is 5.78. The SMILES string of the molecule is COc1ccc([C@@H]2OC[C@@H]3C(c4ccc(O[C@H]5O[C@H]([C@](Cc6ccccc6)(C(=O)O)N(C)C(=O)OC(C)(C)C)[C@@H](O)[C@H](O)[C@H]5O)c(OC)c4)OC[C@@H]32)cc1OC. The molecule has 1 unspecified atom stereocenters. The fraction of sp³-hybridized carbons (Fsp3) is 0.512. The van der Waals surface area contributed by atoms with Crippen LogP contribution in [0.5, 0.6) is 23.0 Å². The number of fused-ring (bicyclic) bond motifs is 1. The van der Waals surface area contributed by atoms with Crippen LogP contribution in [0.2, 0.25) is 0 Å². The normalized spacial score (nSPS) is 28.4. The molecule has 3 aromatic rings. The maximum Gasteiger partial charge on any atom is 0.411 e. The third-order valence-electron chi connectivity index (χ3n) is 10.8. The molecule has 0 bridgehead atoms. The van der Waals surface area contributed by atoms with Gasteiger partial charge in [0.25, 0.3) is 0 Å². The van der Waals surface area contributed by atoms with E-state index in [9.17, 15) is 30.0 Å². The third-order valence-corrected chi connectivity index (χ3v) is 10.8. The predicted molar refractivity (Wildman–Crippen MR) is 199 cm³/mol. The molecular weight excluding hydrogens is 730 g/mol. The lowest BCUT2D eigenvalue weighted by molar-refractivity contribution is -0.292. The summed E-state index contributed by atoms with van der Waals surface area (Å²) in [5, 5.41) is 44.7. The van der Waals surface area contributed by atoms with Crippen LogP contribution in [0, 0.1) is 11.8 Å². The molecule has 56 heavy (non-hydrogen) atoms. The molecule has 3 heterocycles. The molecule has 3 aliphatic heterocycles. The first kappa shape index (κ1) is 41.0. The van der Waals surface area contributed by atoms with E-state index in [2.05, 4.69) is 0 Å². The summed E-state index contributed by atoms with van der Waals surface area (Å²) in [5.41, 5.74) is -1.15. The van der Waals surface area contributed by atoms with Gasteiger partial charge in [-0.1, -0.05) is 42.5 Å². The average molecular weight is 782 g/mol. The highest BCUT2D eigenvalue weighted by molar-refractivity contribution is 5.86. The number of aliphatic hydroxyl groups excluding tert-OH is 3. The Morgan fingerprint density at radius 3 is 1.80 bits per heavy atom. The quantitative estimate of drug-likeness (QED) is 0.207. The maximum absolute atomic E-state index is 13.5. The first-order valence-electron chi connectivity index (χ1n) is 18.4. The smallest absolute Gasteiger partial charge is 0.411 e. The van der Waals surface area contributed by atoms with Crippen molar-refractivity contribution in [1.29, 1.82) is 0 Å². The molecule has 15 nitrogen and oxygen atoms in total. The molecule has 0 saturated carbocycles. The monoisotopic (exact) mass is 781 g/mol. The largest absolute Gasteiger partial charge is 0.493 e. The zero-order valence-electron chi connectivity index (χ0n) is 32.5. The van der Waals surface area contributed by atoms with Crippen molar-refractivity contribution in [2.45, 2.75) is 81.2 Å². The van der Waals surface area contributed by atoms with E-state index in [1.807, 2.05) is 18.2 Å². The molecule has 10 atom stereocenters. The number of nitrogens with zero attached hydrogens (tertiary/aromatic N) is 1. The van der Waals surface area contributed by atoms with Crippen LogP contribution >= 0.6 is 0 Å². The van der Waals surface area contributed by atoms with Crippen molar-refractivity contribution >= 4 is 12.1 Å². The van der Waals surface area contributed by atoms with Crippen LogP contribution < -0.4 is 18.9 Å². The lowest BCUT2D eigenvalue weighted by atomic mass is 9.78. The minimum absolute atomic E-state index is 0.0150. The summed E-state index contributed by atoms with van der Waals surface area (Å²) >= 11 is 0. The number of benzene rings is 3. The number of carboxylic acids is 1. The maximum atomic E-state index is 13.5. The van der Waals surface area contributed by atoms with Crippen molar-refractivity contribution in [2.24, 2.45) is 11.8 Å². The number of carbonyl (C=O) groups excluding carboxylic acids is 1. The average Bonchev–Trinajstić information content (AvgIpc) is 3.79. The van der Waals surface area contributed by atoms with Crippen LogP contribution in [0.1, 0.15) is 49.7 Å². The molecule has 6 rings (SSSR count). The number of aliphatic carboxylic acids is 1. The second-order valence-corrected chi connectivity index (χ2v) is 15.3. The molecule has 3 aromatic carbocycles. The van der Waals surface area contributed by atoms with E-state index in [1.165, 1.54) is 14.2 Å². The summed E-state index contributed by atoms with van der Waals surface area (Å²) in [5.74, 6) is 0.0658. The second kappa shape index (κ2) is 16.5. The summed E-state index contributed by atoms with van der Waals surface area (Å²) < 4.78 is 47.0. The summed E-state index contributed by atoms with van der Waals surface area (Å²) in [7, 11) is 5.82. The minimum Gasteiger partial charge on any atom is -0.493 e. The summed E-state index contributed by atoms with van der Waals surface area (Å²) in [4.78, 5) is 27.8. The van der Waals surface area contributed by atoms with Crippen molar-refractivity contribution in [3.8, 4) is 23.0 Å². The second-order valence-electron chi connectivity index (χ2n) is 15.3. The van der Waals surface area contributed by atoms with E-state index in [4.69, 9.17) is 37.9 Å². The summed E-state index contributed by atoms with van der Waals surface area (Å²) in [6, 6.07) is 19.3. The molecule has 4 N–H and O–H groups in total. The topological polar surface area (TPSA) is 192 Å². The van der Waals surface area contributed by atoms with Gasteiger partial charge in [0.15, 0.2) is 28.5 Å². The van der Waals surface area contributed by atoms with Gasteiger partial charge in [0.05, 0.1) is 46.8 Å². The van der Waals surface area contributed by atoms with Crippen LogP contribution in [-0.2, 0) is 30.2 Å². The molecule has 3 saturated heterocycles. The number of methoxy groups -OCH3 is 3. The Labute approximate surface area is 325 Å². The van der Waals surface area contributed by atoms with Crippen LogP contribution in [0.4, 0.5) is 4.79 Å². The Bertz CT molecular complexity index is 1850. The van der Waals surface area contributed by atoms with Crippen LogP contribution in [0.15, 0.2) is 66.7 Å². The van der Waals surface area contributed by atoms with Gasteiger partial charge in [-0.2, -0.15) is 0 Å². The highest BCUT2D eigenvalue weighted by atomic mass is 16.7. The van der Waals surface area contributed by atoms with Gasteiger partial charge in [0.1, 0.15) is 30.0 Å². The van der Waals surface area contributed by atoms with Crippen molar-refractivity contribution in [3.63, 3.8) is 0 Å². The number of likely N-dealkylation sites (N-methyl/N-ethyl adjacent to an activating group) is 1. The van der Waals surface area contributed by atoms with Crippen molar-refractivity contribution in [2.75, 3.05) is 41.6 Å². The molecular formula is C41H51NO14. The van der Waals surface area contributed by atoms with Gasteiger partial charge in [-0.3, -0.25) is 4.90 Å². The van der Waals surface area contributed by atoms with Gasteiger partial charge < -0.3 is 58.3 Å². The number of rotatable bonds is 12. The van der Waals surface area contributed by atoms with E-state index in [0.717, 1.165) is 16.0 Å². The Kier molecular flexibility index (Phi) is 12.0. The number of hydrogen-bond donors (Lipinski definition) is 4. The Morgan fingerprint density at radius 1 is 0.750 bits per heavy atom. The first-order chi connectivity index (χ1) is 26.6. The number of aliphatic hydroxyl groups is 3. The zero-order valence-corrected chi connectivity index (χ0v) is 32.5. The standard InChI is InChI=1S/C41H51NO14/c1-40(2,3)56-39(48)42(4)41(38(46)47,19-22-11-9-8-10-12-22)36-32(44)31(43)33(45)37(55-36)54-28-16-14-24(18-30(28)51-7)35-26-21-52-34(25(26)20-53-35)23-13-15-27(49-5)29(17-23)50-6/h8-18,25-26,31-37,43-45H,19-21H2,1-7H3,(H,46,47)/t25-,26-,31-,32-,33+,34-,35?,36-,37-,41+/m0/s1. The van der Waals surface area contributed by atoms with Gasteiger partial charge >= 0.3 is 12.1 Å². The first-order valence-corrected chi connectivity index (χ1v) is 18.4. The van der Waals surface area contributed by atoms with Gasteiger partial charge in [0.2, 0.25) is 6.29 Å². The Balaban J connectivity index is 1.26. The van der Waals surface area contributed by atoms with Gasteiger partial charge in [-0.25, -0.2) is 9.59 Å². The molecule has 3 fully saturated rings. The van der Waals surface area contributed by atoms with E-state index in [-0.39, 0.29) is 42.0 Å². The third kappa shape index (κ3) is 7.84. The van der Waals surface area contributed by atoms with Gasteiger partial charge in [-0.05, 0) is 61.7 Å². The fourth-order valence-electron chi connectivity index (χ4n) is 7.84. The highest BCUT2D eigenvalue weighted by Gasteiger charge is 2.61. The Hall–Kier alpha value is -4.64. The van der Waals surface area contributed by atoms with E-state index in [0.29, 0.717) is 30.3 Å². The molecule has 1 amide bonds. The number of amides is 1. The molecule has 0 aromatic heterocycles. The van der Waals surface area contributed by atoms with E-state index >= 15 is 0 Å². The number of carbonyl (C=O) groups is 2. The number of ether oxygens (including phenoxy) is 8. The van der Waals surface area contributed by atoms with Gasteiger partial charge in [0, 0.05) is 25.3 Å². The molecule has 3 aliphatic rings. The summed E-state index contributed by atoms with van der Waals surface area (Å²) in [6.07, 6.45) is -11.3. The predicted octanol–water partition coefficient (Wildman–Crippen LogP) is 3.91. The van der Waals surface area contributed by atoms with Crippen LogP contribution in [0.25, 0.3) is 0 Å². The number of carboxylic acid groups (broad SMARTS) is 1. The van der Waals surface area contributed by atoms with E-state index < -0.39 is 53.9 Å². The van der Waals surface area contributed by atoms with Crippen molar-refractivity contribution in [1.82, 2.24) is 4.90 Å². The van der Waals surface area contributed by atoms with Gasteiger partial charge in [-0.15, -0.1) is 0 Å². The minimum atomic E-state index is -2.37. The molecule has 0 aliphatic carbocycles. The lowest BCUT2D eigenvalue weighted by Crippen LogP contribution is -2.73. The molecule has 0 radical (unpaired) electrons. The van der Waals surface area contributed by atoms with Crippen LogP contribution in [-0.4, -0.2) is 121 Å². The fourth-order valence-corrected chi connectivity index (χ4v) is 7.84. The van der Waals surface area contributed by atoms with E-state index in [1.54, 1.807) is 83.5 Å². The highest BCUT2D eigenvalue weighted by Crippen LogP contribution is 2.52. The van der Waals surface area contributed by atoms with Crippen LogP contribution in [0.3, 0.4) is 0 Å². The molecule has 304 valence electrons. The van der Waals surface area contributed by atoms with Crippen molar-refractivity contribution < 1.29 is 67.9 Å². The Morgan fingerprint density at radius 2 is 1.29 bits per heavy atom. The molecule has 0 spiro atoms. The number of hydrogen-bond acceptors (Lipinski definition) is 13. The zero-order chi connectivity index (χ0) is 40.5. The lowest BCUT2D eigenvalue weighted by Gasteiger charge is -2.50.